The minimum atomic E-state index is 0. The Kier molecular flexibility index (Phi) is 5.95. The van der Waals surface area contributed by atoms with Crippen LogP contribution in [-0.2, 0) is 4.79 Å². The van der Waals surface area contributed by atoms with E-state index in [0.717, 1.165) is 25.4 Å². The Labute approximate surface area is 114 Å². The molecule has 0 unspecified atom stereocenters. The molecule has 1 aliphatic heterocycles. The van der Waals surface area contributed by atoms with E-state index in [1.807, 2.05) is 42.2 Å². The standard InChI is InChI=1S/C13H18N2O2.ClH/c1-11-9-14-7-8-15(11)13(16)10-17-12-5-3-2-4-6-12;/h2-6,11,14H,7-10H2,1H3;1H/t11-;/m1./s1. The highest BCUT2D eigenvalue weighted by molar-refractivity contribution is 5.85. The highest BCUT2D eigenvalue weighted by Gasteiger charge is 2.22. The van der Waals surface area contributed by atoms with Crippen molar-refractivity contribution in [2.24, 2.45) is 0 Å². The molecule has 100 valence electrons. The summed E-state index contributed by atoms with van der Waals surface area (Å²) in [5, 5.41) is 3.26. The number of benzene rings is 1. The summed E-state index contributed by atoms with van der Waals surface area (Å²) in [7, 11) is 0. The van der Waals surface area contributed by atoms with Gasteiger partial charge in [-0.15, -0.1) is 12.4 Å². The molecule has 1 aliphatic rings. The van der Waals surface area contributed by atoms with Gasteiger partial charge in [-0.05, 0) is 19.1 Å². The zero-order chi connectivity index (χ0) is 12.1. The molecule has 1 amide bonds. The summed E-state index contributed by atoms with van der Waals surface area (Å²) in [6.07, 6.45) is 0. The van der Waals surface area contributed by atoms with Crippen LogP contribution in [-0.4, -0.2) is 43.1 Å². The van der Waals surface area contributed by atoms with E-state index in [1.54, 1.807) is 0 Å². The second-order valence-corrected chi connectivity index (χ2v) is 4.24. The predicted molar refractivity (Wildman–Crippen MR) is 73.2 cm³/mol. The maximum atomic E-state index is 12.0. The molecule has 5 heteroatoms. The molecule has 1 aromatic carbocycles. The van der Waals surface area contributed by atoms with Gasteiger partial charge in [-0.25, -0.2) is 0 Å². The van der Waals surface area contributed by atoms with Crippen molar-refractivity contribution in [3.05, 3.63) is 30.3 Å². The van der Waals surface area contributed by atoms with Crippen LogP contribution in [0.4, 0.5) is 0 Å². The van der Waals surface area contributed by atoms with Crippen LogP contribution in [0.5, 0.6) is 5.75 Å². The molecule has 18 heavy (non-hydrogen) atoms. The molecular weight excluding hydrogens is 252 g/mol. The molecule has 4 nitrogen and oxygen atoms in total. The molecule has 1 aromatic rings. The molecular formula is C13H19ClN2O2. The quantitative estimate of drug-likeness (QED) is 0.900. The van der Waals surface area contributed by atoms with Crippen molar-refractivity contribution in [2.45, 2.75) is 13.0 Å². The van der Waals surface area contributed by atoms with E-state index in [-0.39, 0.29) is 31.0 Å². The Morgan fingerprint density at radius 3 is 2.83 bits per heavy atom. The fraction of sp³-hybridized carbons (Fsp3) is 0.462. The molecule has 0 bridgehead atoms. The van der Waals surface area contributed by atoms with Crippen LogP contribution in [0.25, 0.3) is 0 Å². The van der Waals surface area contributed by atoms with Crippen molar-refractivity contribution in [1.29, 1.82) is 0 Å². The number of para-hydroxylation sites is 1. The lowest BCUT2D eigenvalue weighted by molar-refractivity contribution is -0.136. The van der Waals surface area contributed by atoms with Gasteiger partial charge in [0.2, 0.25) is 0 Å². The van der Waals surface area contributed by atoms with Gasteiger partial charge in [-0.1, -0.05) is 18.2 Å². The Bertz CT molecular complexity index is 373. The fourth-order valence-electron chi connectivity index (χ4n) is 1.96. The Hall–Kier alpha value is -1.26. The molecule has 2 rings (SSSR count). The molecule has 1 fully saturated rings. The van der Waals surface area contributed by atoms with Crippen molar-refractivity contribution >= 4 is 18.3 Å². The van der Waals surface area contributed by atoms with E-state index in [2.05, 4.69) is 5.32 Å². The van der Waals surface area contributed by atoms with E-state index in [1.165, 1.54) is 0 Å². The minimum absolute atomic E-state index is 0. The number of carbonyl (C=O) groups is 1. The number of nitrogens with one attached hydrogen (secondary N) is 1. The first-order chi connectivity index (χ1) is 8.27. The molecule has 1 heterocycles. The second kappa shape index (κ2) is 7.24. The zero-order valence-corrected chi connectivity index (χ0v) is 11.3. The van der Waals surface area contributed by atoms with E-state index < -0.39 is 0 Å². The zero-order valence-electron chi connectivity index (χ0n) is 10.5. The first-order valence-electron chi connectivity index (χ1n) is 5.95. The fourth-order valence-corrected chi connectivity index (χ4v) is 1.96. The number of halogens is 1. The predicted octanol–water partition coefficient (Wildman–Crippen LogP) is 1.31. The molecule has 1 saturated heterocycles. The second-order valence-electron chi connectivity index (χ2n) is 4.24. The Morgan fingerprint density at radius 2 is 2.17 bits per heavy atom. The number of ether oxygens (including phenoxy) is 1. The van der Waals surface area contributed by atoms with Gasteiger partial charge in [0.25, 0.3) is 5.91 Å². The van der Waals surface area contributed by atoms with Crippen LogP contribution in [0, 0.1) is 0 Å². The van der Waals surface area contributed by atoms with E-state index in [0.29, 0.717) is 0 Å². The van der Waals surface area contributed by atoms with Crippen LogP contribution in [0.3, 0.4) is 0 Å². The number of nitrogens with zero attached hydrogens (tertiary/aromatic N) is 1. The number of hydrogen-bond acceptors (Lipinski definition) is 3. The molecule has 0 radical (unpaired) electrons. The lowest BCUT2D eigenvalue weighted by Gasteiger charge is -2.33. The van der Waals surface area contributed by atoms with Gasteiger partial charge >= 0.3 is 0 Å². The Balaban J connectivity index is 0.00000162. The number of amides is 1. The number of piperazine rings is 1. The highest BCUT2D eigenvalue weighted by Crippen LogP contribution is 2.09. The number of rotatable bonds is 3. The summed E-state index contributed by atoms with van der Waals surface area (Å²) in [5.74, 6) is 0.798. The van der Waals surface area contributed by atoms with Crippen LogP contribution < -0.4 is 10.1 Å². The van der Waals surface area contributed by atoms with Gasteiger partial charge in [-0.3, -0.25) is 4.79 Å². The summed E-state index contributed by atoms with van der Waals surface area (Å²) < 4.78 is 5.46. The summed E-state index contributed by atoms with van der Waals surface area (Å²) in [6, 6.07) is 9.67. The largest absolute Gasteiger partial charge is 0.484 e. The monoisotopic (exact) mass is 270 g/mol. The molecule has 0 aromatic heterocycles. The molecule has 1 atom stereocenters. The van der Waals surface area contributed by atoms with Crippen molar-refractivity contribution in [1.82, 2.24) is 10.2 Å². The third-order valence-electron chi connectivity index (χ3n) is 2.93. The summed E-state index contributed by atoms with van der Waals surface area (Å²) >= 11 is 0. The van der Waals surface area contributed by atoms with Crippen molar-refractivity contribution in [2.75, 3.05) is 26.2 Å². The maximum absolute atomic E-state index is 12.0. The lowest BCUT2D eigenvalue weighted by Crippen LogP contribution is -2.53. The van der Waals surface area contributed by atoms with E-state index in [4.69, 9.17) is 4.74 Å². The van der Waals surface area contributed by atoms with E-state index >= 15 is 0 Å². The van der Waals surface area contributed by atoms with Gasteiger partial charge in [0.1, 0.15) is 5.75 Å². The SMILES string of the molecule is C[C@@H]1CNCCN1C(=O)COc1ccccc1.Cl. The Morgan fingerprint density at radius 1 is 1.44 bits per heavy atom. The molecule has 0 aliphatic carbocycles. The van der Waals surface area contributed by atoms with Gasteiger partial charge in [0.05, 0.1) is 0 Å². The first kappa shape index (κ1) is 14.8. The van der Waals surface area contributed by atoms with Gasteiger partial charge in [-0.2, -0.15) is 0 Å². The van der Waals surface area contributed by atoms with Gasteiger partial charge < -0.3 is 15.0 Å². The van der Waals surface area contributed by atoms with E-state index in [9.17, 15) is 4.79 Å². The molecule has 1 N–H and O–H groups in total. The topological polar surface area (TPSA) is 41.6 Å². The van der Waals surface area contributed by atoms with Crippen LogP contribution in [0.1, 0.15) is 6.92 Å². The van der Waals surface area contributed by atoms with Crippen LogP contribution in [0.2, 0.25) is 0 Å². The maximum Gasteiger partial charge on any atom is 0.260 e. The normalized spacial score (nSPS) is 18.9. The number of hydrogen-bond donors (Lipinski definition) is 1. The minimum Gasteiger partial charge on any atom is -0.484 e. The molecule has 0 saturated carbocycles. The summed E-state index contributed by atoms with van der Waals surface area (Å²) in [4.78, 5) is 13.8. The summed E-state index contributed by atoms with van der Waals surface area (Å²) in [5.41, 5.74) is 0. The average molecular weight is 271 g/mol. The van der Waals surface area contributed by atoms with Gasteiger partial charge in [0, 0.05) is 25.7 Å². The number of carbonyl (C=O) groups excluding carboxylic acids is 1. The smallest absolute Gasteiger partial charge is 0.260 e. The average Bonchev–Trinajstić information content (AvgIpc) is 2.38. The van der Waals surface area contributed by atoms with Crippen LogP contribution in [0.15, 0.2) is 30.3 Å². The third-order valence-corrected chi connectivity index (χ3v) is 2.93. The van der Waals surface area contributed by atoms with Crippen LogP contribution >= 0.6 is 12.4 Å². The first-order valence-corrected chi connectivity index (χ1v) is 5.95. The lowest BCUT2D eigenvalue weighted by atomic mass is 10.2. The highest BCUT2D eigenvalue weighted by atomic mass is 35.5. The third kappa shape index (κ3) is 3.89. The summed E-state index contributed by atoms with van der Waals surface area (Å²) in [6.45, 7) is 4.65. The van der Waals surface area contributed by atoms with Crippen molar-refractivity contribution in [3.63, 3.8) is 0 Å². The van der Waals surface area contributed by atoms with Crippen molar-refractivity contribution in [3.8, 4) is 5.75 Å². The molecule has 0 spiro atoms. The van der Waals surface area contributed by atoms with Gasteiger partial charge in [0.15, 0.2) is 6.61 Å². The van der Waals surface area contributed by atoms with Crippen molar-refractivity contribution < 1.29 is 9.53 Å².